The van der Waals surface area contributed by atoms with E-state index >= 15 is 0 Å². The fourth-order valence-corrected chi connectivity index (χ4v) is 2.54. The van der Waals surface area contributed by atoms with E-state index in [4.69, 9.17) is 16.2 Å². The number of nitrogen functional groups attached to an aromatic ring is 1. The minimum atomic E-state index is -0.692. The van der Waals surface area contributed by atoms with E-state index in [0.29, 0.717) is 12.6 Å². The monoisotopic (exact) mass is 281 g/mol. The van der Waals surface area contributed by atoms with Gasteiger partial charge in [-0.1, -0.05) is 0 Å². The molecule has 1 unspecified atom stereocenters. The van der Waals surface area contributed by atoms with Crippen LogP contribution in [-0.4, -0.2) is 37.0 Å². The van der Waals surface area contributed by atoms with Crippen LogP contribution in [0.25, 0.3) is 0 Å². The Kier molecular flexibility index (Phi) is 4.44. The van der Waals surface area contributed by atoms with Crippen molar-refractivity contribution in [3.63, 3.8) is 0 Å². The van der Waals surface area contributed by atoms with Crippen LogP contribution in [0.4, 0.5) is 10.1 Å². The van der Waals surface area contributed by atoms with Gasteiger partial charge in [0, 0.05) is 17.8 Å². The zero-order chi connectivity index (χ0) is 14.7. The van der Waals surface area contributed by atoms with Crippen molar-refractivity contribution in [3.05, 3.63) is 23.5 Å². The quantitative estimate of drug-likeness (QED) is 0.799. The van der Waals surface area contributed by atoms with Gasteiger partial charge in [0.2, 0.25) is 0 Å². The van der Waals surface area contributed by atoms with E-state index in [-0.39, 0.29) is 17.0 Å². The molecule has 0 saturated carbocycles. The van der Waals surface area contributed by atoms with Crippen LogP contribution in [0.15, 0.2) is 12.1 Å². The molecule has 6 heteroatoms. The lowest BCUT2D eigenvalue weighted by Gasteiger charge is -2.19. The molecule has 4 N–H and O–H groups in total. The highest BCUT2D eigenvalue weighted by Gasteiger charge is 2.21. The number of halogens is 1. The van der Waals surface area contributed by atoms with Crippen LogP contribution in [0, 0.1) is 5.82 Å². The standard InChI is InChI=1S/C14H20FN3O2/c1-18-5-2-3-9(18)4-6-20-13-7-10(14(17)19)12(16)8-11(13)15/h7-9H,2-6,16H2,1H3,(H2,17,19). The first-order valence-corrected chi connectivity index (χ1v) is 6.71. The van der Waals surface area contributed by atoms with Gasteiger partial charge in [-0.3, -0.25) is 4.79 Å². The highest BCUT2D eigenvalue weighted by molar-refractivity contribution is 5.98. The lowest BCUT2D eigenvalue weighted by molar-refractivity contribution is 0.100. The number of primary amides is 1. The van der Waals surface area contributed by atoms with Gasteiger partial charge in [-0.25, -0.2) is 4.39 Å². The predicted octanol–water partition coefficient (Wildman–Crippen LogP) is 1.37. The van der Waals surface area contributed by atoms with Crippen molar-refractivity contribution in [2.75, 3.05) is 25.9 Å². The molecule has 0 spiro atoms. The van der Waals surface area contributed by atoms with E-state index < -0.39 is 11.7 Å². The Labute approximate surface area is 117 Å². The fourth-order valence-electron chi connectivity index (χ4n) is 2.54. The number of hydrogen-bond donors (Lipinski definition) is 2. The van der Waals surface area contributed by atoms with Crippen molar-refractivity contribution in [3.8, 4) is 5.75 Å². The fraction of sp³-hybridized carbons (Fsp3) is 0.500. The van der Waals surface area contributed by atoms with Crippen molar-refractivity contribution in [1.82, 2.24) is 4.90 Å². The highest BCUT2D eigenvalue weighted by Crippen LogP contribution is 2.25. The van der Waals surface area contributed by atoms with E-state index in [9.17, 15) is 9.18 Å². The second-order valence-electron chi connectivity index (χ2n) is 5.15. The molecule has 1 aromatic rings. The molecule has 0 radical (unpaired) electrons. The molecule has 20 heavy (non-hydrogen) atoms. The van der Waals surface area contributed by atoms with Crippen molar-refractivity contribution in [1.29, 1.82) is 0 Å². The van der Waals surface area contributed by atoms with E-state index in [1.807, 2.05) is 0 Å². The third-order valence-electron chi connectivity index (χ3n) is 3.75. The van der Waals surface area contributed by atoms with Gasteiger partial charge < -0.3 is 21.1 Å². The van der Waals surface area contributed by atoms with E-state index in [1.54, 1.807) is 0 Å². The number of carbonyl (C=O) groups excluding carboxylic acids is 1. The molecular weight excluding hydrogens is 261 g/mol. The van der Waals surface area contributed by atoms with Crippen LogP contribution in [0.2, 0.25) is 0 Å². The number of amides is 1. The average Bonchev–Trinajstić information content (AvgIpc) is 2.77. The molecule has 0 aliphatic carbocycles. The molecule has 1 amide bonds. The lowest BCUT2D eigenvalue weighted by atomic mass is 10.1. The van der Waals surface area contributed by atoms with Gasteiger partial charge in [0.1, 0.15) is 0 Å². The molecule has 110 valence electrons. The normalized spacial score (nSPS) is 19.2. The molecule has 1 aliphatic heterocycles. The number of nitrogens with zero attached hydrogens (tertiary/aromatic N) is 1. The van der Waals surface area contributed by atoms with Crippen molar-refractivity contribution in [2.45, 2.75) is 25.3 Å². The van der Waals surface area contributed by atoms with Gasteiger partial charge in [-0.2, -0.15) is 0 Å². The number of nitrogens with two attached hydrogens (primary N) is 2. The second kappa shape index (κ2) is 6.09. The number of hydrogen-bond acceptors (Lipinski definition) is 4. The summed E-state index contributed by atoms with van der Waals surface area (Å²) in [4.78, 5) is 13.4. The summed E-state index contributed by atoms with van der Waals surface area (Å²) in [6.07, 6.45) is 3.14. The van der Waals surface area contributed by atoms with Gasteiger partial charge in [-0.15, -0.1) is 0 Å². The Morgan fingerprint density at radius 2 is 2.30 bits per heavy atom. The Morgan fingerprint density at radius 3 is 2.90 bits per heavy atom. The Hall–Kier alpha value is -1.82. The molecule has 1 atom stereocenters. The SMILES string of the molecule is CN1CCCC1CCOc1cc(C(N)=O)c(N)cc1F. The zero-order valence-electron chi connectivity index (χ0n) is 11.6. The molecule has 1 aliphatic rings. The van der Waals surface area contributed by atoms with Crippen LogP contribution in [0.3, 0.4) is 0 Å². The van der Waals surface area contributed by atoms with E-state index in [2.05, 4.69) is 11.9 Å². The summed E-state index contributed by atoms with van der Waals surface area (Å²) in [5.74, 6) is -1.25. The van der Waals surface area contributed by atoms with Crippen LogP contribution >= 0.6 is 0 Å². The highest BCUT2D eigenvalue weighted by atomic mass is 19.1. The maximum absolute atomic E-state index is 13.7. The first-order chi connectivity index (χ1) is 9.49. The molecule has 1 heterocycles. The largest absolute Gasteiger partial charge is 0.490 e. The third kappa shape index (κ3) is 3.19. The van der Waals surface area contributed by atoms with Crippen molar-refractivity contribution >= 4 is 11.6 Å². The van der Waals surface area contributed by atoms with E-state index in [0.717, 1.165) is 25.5 Å². The van der Waals surface area contributed by atoms with Crippen LogP contribution < -0.4 is 16.2 Å². The number of rotatable bonds is 5. The smallest absolute Gasteiger partial charge is 0.250 e. The van der Waals surface area contributed by atoms with Gasteiger partial charge in [0.15, 0.2) is 11.6 Å². The number of benzene rings is 1. The molecular formula is C14H20FN3O2. The molecule has 5 nitrogen and oxygen atoms in total. The van der Waals surface area contributed by atoms with Crippen LogP contribution in [-0.2, 0) is 0 Å². The maximum atomic E-state index is 13.7. The Balaban J connectivity index is 1.98. The lowest BCUT2D eigenvalue weighted by Crippen LogP contribution is -2.26. The summed E-state index contributed by atoms with van der Waals surface area (Å²) in [6.45, 7) is 1.49. The minimum Gasteiger partial charge on any atom is -0.490 e. The predicted molar refractivity (Wildman–Crippen MR) is 75.1 cm³/mol. The molecule has 1 fully saturated rings. The summed E-state index contributed by atoms with van der Waals surface area (Å²) in [5.41, 5.74) is 10.8. The van der Waals surface area contributed by atoms with Crippen molar-refractivity contribution in [2.24, 2.45) is 5.73 Å². The Bertz CT molecular complexity index is 507. The number of likely N-dealkylation sites (tertiary alicyclic amines) is 1. The van der Waals surface area contributed by atoms with Crippen molar-refractivity contribution < 1.29 is 13.9 Å². The Morgan fingerprint density at radius 1 is 1.55 bits per heavy atom. The van der Waals surface area contributed by atoms with Gasteiger partial charge in [-0.05, 0) is 38.9 Å². The molecule has 2 rings (SSSR count). The second-order valence-corrected chi connectivity index (χ2v) is 5.15. The first kappa shape index (κ1) is 14.6. The molecule has 0 aromatic heterocycles. The molecule has 1 aromatic carbocycles. The summed E-state index contributed by atoms with van der Waals surface area (Å²) in [6, 6.07) is 2.81. The van der Waals surface area contributed by atoms with Gasteiger partial charge >= 0.3 is 0 Å². The number of anilines is 1. The third-order valence-corrected chi connectivity index (χ3v) is 3.75. The first-order valence-electron chi connectivity index (χ1n) is 6.71. The summed E-state index contributed by atoms with van der Waals surface area (Å²) < 4.78 is 19.1. The topological polar surface area (TPSA) is 81.6 Å². The summed E-state index contributed by atoms with van der Waals surface area (Å²) in [5, 5.41) is 0. The molecule has 0 bridgehead atoms. The minimum absolute atomic E-state index is 0.0219. The summed E-state index contributed by atoms with van der Waals surface area (Å²) in [7, 11) is 2.08. The van der Waals surface area contributed by atoms with Gasteiger partial charge in [0.05, 0.1) is 12.2 Å². The molecule has 1 saturated heterocycles. The van der Waals surface area contributed by atoms with Gasteiger partial charge in [0.25, 0.3) is 5.91 Å². The maximum Gasteiger partial charge on any atom is 0.250 e. The zero-order valence-corrected chi connectivity index (χ0v) is 11.6. The number of ether oxygens (including phenoxy) is 1. The van der Waals surface area contributed by atoms with Crippen LogP contribution in [0.5, 0.6) is 5.75 Å². The number of carbonyl (C=O) groups is 1. The average molecular weight is 281 g/mol. The van der Waals surface area contributed by atoms with Crippen LogP contribution in [0.1, 0.15) is 29.6 Å². The van der Waals surface area contributed by atoms with E-state index in [1.165, 1.54) is 12.5 Å². The summed E-state index contributed by atoms with van der Waals surface area (Å²) >= 11 is 0.